The molecule has 0 saturated heterocycles. The molecule has 0 aliphatic heterocycles. The van der Waals surface area contributed by atoms with E-state index in [1.807, 2.05) is 0 Å². The fourth-order valence-electron chi connectivity index (χ4n) is 0.969. The SMILES string of the molecule is Fc1cccc(-c2nnc(C(F)(F)F)s2)n1. The molecule has 2 aromatic heterocycles. The molecule has 8 heteroatoms. The first-order valence-electron chi connectivity index (χ1n) is 4.00. The summed E-state index contributed by atoms with van der Waals surface area (Å²) in [5.74, 6) is -0.777. The van der Waals surface area contributed by atoms with Crippen molar-refractivity contribution in [2.45, 2.75) is 6.18 Å². The van der Waals surface area contributed by atoms with Crippen molar-refractivity contribution in [3.8, 4) is 10.7 Å². The third-order valence-electron chi connectivity index (χ3n) is 1.60. The highest BCUT2D eigenvalue weighted by atomic mass is 32.1. The molecule has 0 bridgehead atoms. The van der Waals surface area contributed by atoms with Crippen LogP contribution in [0.15, 0.2) is 18.2 Å². The molecule has 84 valence electrons. The van der Waals surface area contributed by atoms with E-state index in [-0.39, 0.29) is 10.7 Å². The number of hydrogen-bond donors (Lipinski definition) is 0. The van der Waals surface area contributed by atoms with Gasteiger partial charge in [-0.15, -0.1) is 10.2 Å². The van der Waals surface area contributed by atoms with E-state index in [0.717, 1.165) is 6.07 Å². The Balaban J connectivity index is 2.39. The topological polar surface area (TPSA) is 38.7 Å². The molecule has 0 spiro atoms. The van der Waals surface area contributed by atoms with Gasteiger partial charge in [0.15, 0.2) is 5.01 Å². The monoisotopic (exact) mass is 249 g/mol. The third-order valence-corrected chi connectivity index (χ3v) is 2.59. The van der Waals surface area contributed by atoms with Crippen molar-refractivity contribution in [2.24, 2.45) is 0 Å². The summed E-state index contributed by atoms with van der Waals surface area (Å²) in [6, 6.07) is 3.80. The highest BCUT2D eigenvalue weighted by molar-refractivity contribution is 7.14. The van der Waals surface area contributed by atoms with E-state index in [4.69, 9.17) is 0 Å². The Morgan fingerprint density at radius 1 is 1.12 bits per heavy atom. The predicted octanol–water partition coefficient (Wildman–Crippen LogP) is 2.76. The summed E-state index contributed by atoms with van der Waals surface area (Å²) in [5.41, 5.74) is 0.0352. The van der Waals surface area contributed by atoms with Crippen LogP contribution in [0.3, 0.4) is 0 Å². The molecule has 16 heavy (non-hydrogen) atoms. The van der Waals surface area contributed by atoms with Gasteiger partial charge in [0.05, 0.1) is 0 Å². The zero-order chi connectivity index (χ0) is 11.8. The molecular formula is C8H3F4N3S. The van der Waals surface area contributed by atoms with Gasteiger partial charge in [-0.3, -0.25) is 0 Å². The maximum Gasteiger partial charge on any atom is 0.445 e. The first-order valence-corrected chi connectivity index (χ1v) is 4.82. The van der Waals surface area contributed by atoms with Crippen molar-refractivity contribution >= 4 is 11.3 Å². The first-order chi connectivity index (χ1) is 7.47. The highest BCUT2D eigenvalue weighted by Crippen LogP contribution is 2.34. The average Bonchev–Trinajstić information content (AvgIpc) is 2.65. The molecule has 0 fully saturated rings. The number of nitrogens with zero attached hydrogens (tertiary/aromatic N) is 3. The van der Waals surface area contributed by atoms with E-state index in [9.17, 15) is 17.6 Å². The Labute approximate surface area is 90.8 Å². The van der Waals surface area contributed by atoms with Gasteiger partial charge in [0.1, 0.15) is 5.69 Å². The number of pyridine rings is 1. The molecule has 0 aromatic carbocycles. The van der Waals surface area contributed by atoms with Crippen molar-refractivity contribution in [3.05, 3.63) is 29.2 Å². The maximum atomic E-state index is 12.7. The summed E-state index contributed by atoms with van der Waals surface area (Å²) < 4.78 is 49.3. The fraction of sp³-hybridized carbons (Fsp3) is 0.125. The Kier molecular flexibility index (Phi) is 2.58. The van der Waals surface area contributed by atoms with Crippen molar-refractivity contribution in [3.63, 3.8) is 0 Å². The largest absolute Gasteiger partial charge is 0.445 e. The molecule has 0 saturated carbocycles. The zero-order valence-electron chi connectivity index (χ0n) is 7.49. The minimum Gasteiger partial charge on any atom is -0.217 e. The van der Waals surface area contributed by atoms with Crippen LogP contribution >= 0.6 is 11.3 Å². The number of hydrogen-bond acceptors (Lipinski definition) is 4. The van der Waals surface area contributed by atoms with Gasteiger partial charge in [0.25, 0.3) is 0 Å². The van der Waals surface area contributed by atoms with E-state index < -0.39 is 17.1 Å². The van der Waals surface area contributed by atoms with Crippen LogP contribution in [0.5, 0.6) is 0 Å². The van der Waals surface area contributed by atoms with Gasteiger partial charge in [-0.2, -0.15) is 17.6 Å². The fourth-order valence-corrected chi connectivity index (χ4v) is 1.65. The molecule has 0 N–H and O–H groups in total. The molecule has 0 radical (unpaired) electrons. The number of rotatable bonds is 1. The van der Waals surface area contributed by atoms with E-state index in [1.54, 1.807) is 0 Å². The Bertz CT molecular complexity index is 508. The molecule has 2 aromatic rings. The van der Waals surface area contributed by atoms with Crippen LogP contribution in [-0.2, 0) is 6.18 Å². The van der Waals surface area contributed by atoms with Crippen molar-refractivity contribution < 1.29 is 17.6 Å². The van der Waals surface area contributed by atoms with Gasteiger partial charge in [-0.1, -0.05) is 17.4 Å². The lowest BCUT2D eigenvalue weighted by Crippen LogP contribution is -2.03. The summed E-state index contributed by atoms with van der Waals surface area (Å²) in [6.07, 6.45) is -4.54. The Morgan fingerprint density at radius 2 is 1.88 bits per heavy atom. The van der Waals surface area contributed by atoms with Crippen LogP contribution < -0.4 is 0 Å². The van der Waals surface area contributed by atoms with E-state index in [0.29, 0.717) is 11.3 Å². The van der Waals surface area contributed by atoms with Crippen molar-refractivity contribution in [2.75, 3.05) is 0 Å². The smallest absolute Gasteiger partial charge is 0.217 e. The molecule has 0 aliphatic rings. The summed E-state index contributed by atoms with van der Waals surface area (Å²) in [7, 11) is 0. The van der Waals surface area contributed by atoms with Crippen LogP contribution in [0, 0.1) is 5.95 Å². The summed E-state index contributed by atoms with van der Waals surface area (Å²) in [6.45, 7) is 0. The zero-order valence-corrected chi connectivity index (χ0v) is 8.31. The van der Waals surface area contributed by atoms with E-state index >= 15 is 0 Å². The molecule has 2 rings (SSSR count). The molecule has 0 unspecified atom stereocenters. The van der Waals surface area contributed by atoms with Crippen molar-refractivity contribution in [1.29, 1.82) is 0 Å². The van der Waals surface area contributed by atoms with E-state index in [2.05, 4.69) is 15.2 Å². The summed E-state index contributed by atoms with van der Waals surface area (Å²) in [5, 5.41) is 5.15. The normalized spacial score (nSPS) is 11.8. The summed E-state index contributed by atoms with van der Waals surface area (Å²) in [4.78, 5) is 3.41. The first kappa shape index (κ1) is 10.9. The maximum absolute atomic E-state index is 12.7. The Morgan fingerprint density at radius 3 is 2.44 bits per heavy atom. The van der Waals surface area contributed by atoms with Crippen molar-refractivity contribution in [1.82, 2.24) is 15.2 Å². The average molecular weight is 249 g/mol. The molecule has 3 nitrogen and oxygen atoms in total. The minimum absolute atomic E-state index is 0.0352. The van der Waals surface area contributed by atoms with Gasteiger partial charge < -0.3 is 0 Å². The van der Waals surface area contributed by atoms with Crippen LogP contribution in [0.1, 0.15) is 5.01 Å². The van der Waals surface area contributed by atoms with Gasteiger partial charge in [0.2, 0.25) is 11.0 Å². The molecule has 2 heterocycles. The van der Waals surface area contributed by atoms with Crippen LogP contribution in [-0.4, -0.2) is 15.2 Å². The van der Waals surface area contributed by atoms with Gasteiger partial charge in [-0.25, -0.2) is 4.98 Å². The third kappa shape index (κ3) is 2.16. The van der Waals surface area contributed by atoms with Crippen LogP contribution in [0.2, 0.25) is 0 Å². The number of halogens is 4. The second-order valence-electron chi connectivity index (χ2n) is 2.76. The van der Waals surface area contributed by atoms with Gasteiger partial charge >= 0.3 is 6.18 Å². The highest BCUT2D eigenvalue weighted by Gasteiger charge is 2.35. The van der Waals surface area contributed by atoms with Crippen LogP contribution in [0.25, 0.3) is 10.7 Å². The minimum atomic E-state index is -4.54. The molecule has 0 amide bonds. The summed E-state index contributed by atoms with van der Waals surface area (Å²) >= 11 is 0.325. The number of aromatic nitrogens is 3. The second kappa shape index (κ2) is 3.78. The van der Waals surface area contributed by atoms with Crippen LogP contribution in [0.4, 0.5) is 17.6 Å². The molecule has 0 aliphatic carbocycles. The lowest BCUT2D eigenvalue weighted by molar-refractivity contribution is -0.138. The van der Waals surface area contributed by atoms with Gasteiger partial charge in [-0.05, 0) is 12.1 Å². The van der Waals surface area contributed by atoms with E-state index in [1.165, 1.54) is 12.1 Å². The lowest BCUT2D eigenvalue weighted by atomic mass is 10.4. The number of alkyl halides is 3. The standard InChI is InChI=1S/C8H3F4N3S/c9-5-3-1-2-4(13-5)6-14-15-7(16-6)8(10,11)12/h1-3H. The Hall–Kier alpha value is -1.57. The molecule has 0 atom stereocenters. The van der Waals surface area contributed by atoms with Gasteiger partial charge in [0, 0.05) is 0 Å². The lowest BCUT2D eigenvalue weighted by Gasteiger charge is -1.97. The quantitative estimate of drug-likeness (QED) is 0.576. The molecular weight excluding hydrogens is 246 g/mol. The second-order valence-corrected chi connectivity index (χ2v) is 3.73. The predicted molar refractivity (Wildman–Crippen MR) is 48.1 cm³/mol.